The van der Waals surface area contributed by atoms with E-state index >= 15 is 0 Å². The SMILES string of the molecule is COc1cccc(NC(=O)CCNC(=O)C2CC(=O)N(c3ccccc3)C2)c1. The average molecular weight is 381 g/mol. The van der Waals surface area contributed by atoms with Crippen LogP contribution < -0.4 is 20.3 Å². The number of anilines is 2. The van der Waals surface area contributed by atoms with Crippen molar-refractivity contribution in [2.24, 2.45) is 5.92 Å². The van der Waals surface area contributed by atoms with E-state index in [-0.39, 0.29) is 37.1 Å². The Labute approximate surface area is 163 Å². The molecule has 3 rings (SSSR count). The van der Waals surface area contributed by atoms with E-state index in [9.17, 15) is 14.4 Å². The van der Waals surface area contributed by atoms with E-state index in [4.69, 9.17) is 4.74 Å². The number of nitrogens with one attached hydrogen (secondary N) is 2. The van der Waals surface area contributed by atoms with Crippen LogP contribution in [0.2, 0.25) is 0 Å². The van der Waals surface area contributed by atoms with Crippen LogP contribution in [0.4, 0.5) is 11.4 Å². The molecule has 0 spiro atoms. The number of carbonyl (C=O) groups is 3. The third-order valence-corrected chi connectivity index (χ3v) is 4.57. The molecule has 0 radical (unpaired) electrons. The summed E-state index contributed by atoms with van der Waals surface area (Å²) in [6.07, 6.45) is 0.322. The maximum absolute atomic E-state index is 12.4. The predicted octanol–water partition coefficient (Wildman–Crippen LogP) is 2.19. The van der Waals surface area contributed by atoms with Crippen LogP contribution in [0, 0.1) is 5.92 Å². The first-order chi connectivity index (χ1) is 13.6. The summed E-state index contributed by atoms with van der Waals surface area (Å²) in [6.45, 7) is 0.565. The molecule has 1 saturated heterocycles. The highest BCUT2D eigenvalue weighted by molar-refractivity contribution is 6.00. The largest absolute Gasteiger partial charge is 0.497 e. The standard InChI is InChI=1S/C21H23N3O4/c1-28-18-9-5-6-16(13-18)23-19(25)10-11-22-21(27)15-12-20(26)24(14-15)17-7-3-2-4-8-17/h2-9,13,15H,10-12,14H2,1H3,(H,22,27)(H,23,25). The molecule has 0 aromatic heterocycles. The first kappa shape index (κ1) is 19.4. The van der Waals surface area contributed by atoms with Gasteiger partial charge in [0.2, 0.25) is 17.7 Å². The highest BCUT2D eigenvalue weighted by Crippen LogP contribution is 2.24. The predicted molar refractivity (Wildman–Crippen MR) is 106 cm³/mol. The molecule has 146 valence electrons. The Morgan fingerprint density at radius 1 is 1.14 bits per heavy atom. The van der Waals surface area contributed by atoms with Gasteiger partial charge in [0.25, 0.3) is 0 Å². The lowest BCUT2D eigenvalue weighted by atomic mass is 10.1. The molecule has 2 aromatic carbocycles. The molecule has 1 aliphatic heterocycles. The van der Waals surface area contributed by atoms with Gasteiger partial charge in [0, 0.05) is 43.4 Å². The van der Waals surface area contributed by atoms with Gasteiger partial charge in [0.1, 0.15) is 5.75 Å². The number of methoxy groups -OCH3 is 1. The summed E-state index contributed by atoms with van der Waals surface area (Å²) in [6, 6.07) is 16.4. The molecule has 7 heteroatoms. The average Bonchev–Trinajstić information content (AvgIpc) is 3.10. The number of benzene rings is 2. The van der Waals surface area contributed by atoms with Crippen LogP contribution in [-0.4, -0.2) is 37.9 Å². The summed E-state index contributed by atoms with van der Waals surface area (Å²) in [4.78, 5) is 38.2. The minimum absolute atomic E-state index is 0.0675. The van der Waals surface area contributed by atoms with Gasteiger partial charge in [-0.3, -0.25) is 14.4 Å². The molecule has 7 nitrogen and oxygen atoms in total. The van der Waals surface area contributed by atoms with E-state index in [1.165, 1.54) is 0 Å². The Morgan fingerprint density at radius 3 is 2.68 bits per heavy atom. The number of hydrogen-bond donors (Lipinski definition) is 2. The van der Waals surface area contributed by atoms with Crippen LogP contribution in [0.1, 0.15) is 12.8 Å². The molecule has 1 atom stereocenters. The third-order valence-electron chi connectivity index (χ3n) is 4.57. The van der Waals surface area contributed by atoms with Crippen molar-refractivity contribution in [3.05, 3.63) is 54.6 Å². The summed E-state index contributed by atoms with van der Waals surface area (Å²) >= 11 is 0. The second-order valence-corrected chi connectivity index (χ2v) is 6.56. The topological polar surface area (TPSA) is 87.7 Å². The Balaban J connectivity index is 1.44. The first-order valence-corrected chi connectivity index (χ1v) is 9.14. The number of ether oxygens (including phenoxy) is 1. The summed E-state index contributed by atoms with van der Waals surface area (Å²) in [5, 5.41) is 5.52. The molecule has 2 aromatic rings. The van der Waals surface area contributed by atoms with Gasteiger partial charge < -0.3 is 20.3 Å². The van der Waals surface area contributed by atoms with Crippen molar-refractivity contribution in [3.63, 3.8) is 0 Å². The first-order valence-electron chi connectivity index (χ1n) is 9.14. The fourth-order valence-electron chi connectivity index (χ4n) is 3.11. The van der Waals surface area contributed by atoms with Crippen LogP contribution in [0.3, 0.4) is 0 Å². The number of para-hydroxylation sites is 1. The zero-order valence-corrected chi connectivity index (χ0v) is 15.7. The minimum Gasteiger partial charge on any atom is -0.497 e. The maximum atomic E-state index is 12.4. The van der Waals surface area contributed by atoms with Gasteiger partial charge in [-0.1, -0.05) is 24.3 Å². The van der Waals surface area contributed by atoms with E-state index in [2.05, 4.69) is 10.6 Å². The second-order valence-electron chi connectivity index (χ2n) is 6.56. The molecule has 1 fully saturated rings. The minimum atomic E-state index is -0.408. The molecule has 2 N–H and O–H groups in total. The molecule has 1 unspecified atom stereocenters. The Morgan fingerprint density at radius 2 is 1.93 bits per heavy atom. The number of hydrogen-bond acceptors (Lipinski definition) is 4. The van der Waals surface area contributed by atoms with Gasteiger partial charge in [-0.05, 0) is 24.3 Å². The van der Waals surface area contributed by atoms with E-state index in [1.807, 2.05) is 30.3 Å². The van der Waals surface area contributed by atoms with Crippen molar-refractivity contribution in [2.45, 2.75) is 12.8 Å². The zero-order valence-electron chi connectivity index (χ0n) is 15.7. The Hall–Kier alpha value is -3.35. The maximum Gasteiger partial charge on any atom is 0.227 e. The highest BCUT2D eigenvalue weighted by atomic mass is 16.5. The summed E-state index contributed by atoms with van der Waals surface area (Å²) < 4.78 is 5.12. The molecular weight excluding hydrogens is 358 g/mol. The van der Waals surface area contributed by atoms with Gasteiger partial charge in [0.05, 0.1) is 13.0 Å². The van der Waals surface area contributed by atoms with E-state index in [0.29, 0.717) is 18.0 Å². The zero-order chi connectivity index (χ0) is 19.9. The fourth-order valence-corrected chi connectivity index (χ4v) is 3.11. The lowest BCUT2D eigenvalue weighted by Gasteiger charge is -2.16. The normalized spacial score (nSPS) is 16.0. The second kappa shape index (κ2) is 9.03. The molecule has 0 saturated carbocycles. The van der Waals surface area contributed by atoms with Gasteiger partial charge in [-0.25, -0.2) is 0 Å². The molecule has 0 aliphatic carbocycles. The lowest BCUT2D eigenvalue weighted by molar-refractivity contribution is -0.126. The Kier molecular flexibility index (Phi) is 6.26. The third kappa shape index (κ3) is 4.88. The molecule has 0 bridgehead atoms. The fraction of sp³-hybridized carbons (Fsp3) is 0.286. The van der Waals surface area contributed by atoms with E-state index in [0.717, 1.165) is 5.69 Å². The van der Waals surface area contributed by atoms with Gasteiger partial charge in [-0.2, -0.15) is 0 Å². The van der Waals surface area contributed by atoms with Crippen molar-refractivity contribution in [1.82, 2.24) is 5.32 Å². The van der Waals surface area contributed by atoms with Crippen LogP contribution in [-0.2, 0) is 14.4 Å². The summed E-state index contributed by atoms with van der Waals surface area (Å²) in [5.74, 6) is -0.237. The van der Waals surface area contributed by atoms with E-state index < -0.39 is 5.92 Å². The smallest absolute Gasteiger partial charge is 0.227 e. The van der Waals surface area contributed by atoms with Crippen LogP contribution in [0.5, 0.6) is 5.75 Å². The van der Waals surface area contributed by atoms with Crippen LogP contribution in [0.15, 0.2) is 54.6 Å². The lowest BCUT2D eigenvalue weighted by Crippen LogP contribution is -2.34. The van der Waals surface area contributed by atoms with Crippen molar-refractivity contribution < 1.29 is 19.1 Å². The highest BCUT2D eigenvalue weighted by Gasteiger charge is 2.34. The molecule has 1 heterocycles. The number of carbonyl (C=O) groups excluding carboxylic acids is 3. The number of amides is 3. The molecular formula is C21H23N3O4. The van der Waals surface area contributed by atoms with Crippen LogP contribution >= 0.6 is 0 Å². The van der Waals surface area contributed by atoms with Gasteiger partial charge in [-0.15, -0.1) is 0 Å². The van der Waals surface area contributed by atoms with Crippen molar-refractivity contribution in [2.75, 3.05) is 30.4 Å². The van der Waals surface area contributed by atoms with Crippen molar-refractivity contribution in [3.8, 4) is 5.75 Å². The van der Waals surface area contributed by atoms with Gasteiger partial charge >= 0.3 is 0 Å². The number of rotatable bonds is 7. The van der Waals surface area contributed by atoms with Gasteiger partial charge in [0.15, 0.2) is 0 Å². The van der Waals surface area contributed by atoms with E-state index in [1.54, 1.807) is 36.3 Å². The quantitative estimate of drug-likeness (QED) is 0.770. The van der Waals surface area contributed by atoms with Crippen LogP contribution in [0.25, 0.3) is 0 Å². The molecule has 28 heavy (non-hydrogen) atoms. The summed E-state index contributed by atoms with van der Waals surface area (Å²) in [5.41, 5.74) is 1.43. The number of nitrogens with zero attached hydrogens (tertiary/aromatic N) is 1. The molecule has 3 amide bonds. The monoisotopic (exact) mass is 381 g/mol. The van der Waals surface area contributed by atoms with Crippen molar-refractivity contribution in [1.29, 1.82) is 0 Å². The summed E-state index contributed by atoms with van der Waals surface area (Å²) in [7, 11) is 1.56. The molecule has 1 aliphatic rings. The Bertz CT molecular complexity index is 854. The van der Waals surface area contributed by atoms with Crippen molar-refractivity contribution >= 4 is 29.1 Å².